The standard InChI is InChI=1S/C17H28N4/c1-13(2)21-10-4-5-15(12-21)11-19-17(18)20-16-8-6-14(3)7-9-16/h6-9,13,15H,4-5,10-12H2,1-3H3,(H3,18,19,20). The lowest BCUT2D eigenvalue weighted by molar-refractivity contribution is 0.143. The normalized spacial score (nSPS) is 20.8. The van der Waals surface area contributed by atoms with E-state index in [4.69, 9.17) is 5.73 Å². The quantitative estimate of drug-likeness (QED) is 0.661. The van der Waals surface area contributed by atoms with E-state index in [1.165, 1.54) is 24.9 Å². The summed E-state index contributed by atoms with van der Waals surface area (Å²) >= 11 is 0. The van der Waals surface area contributed by atoms with Gasteiger partial charge in [0.05, 0.1) is 0 Å². The topological polar surface area (TPSA) is 53.6 Å². The molecule has 1 aliphatic rings. The van der Waals surface area contributed by atoms with Crippen LogP contribution in [0.25, 0.3) is 0 Å². The van der Waals surface area contributed by atoms with E-state index in [1.807, 2.05) is 12.1 Å². The lowest BCUT2D eigenvalue weighted by Gasteiger charge is -2.34. The van der Waals surface area contributed by atoms with Crippen LogP contribution >= 0.6 is 0 Å². The number of nitrogens with one attached hydrogen (secondary N) is 1. The molecule has 0 radical (unpaired) electrons. The first-order valence-electron chi connectivity index (χ1n) is 7.92. The van der Waals surface area contributed by atoms with Gasteiger partial charge >= 0.3 is 0 Å². The average molecular weight is 288 g/mol. The minimum absolute atomic E-state index is 0.514. The van der Waals surface area contributed by atoms with Crippen molar-refractivity contribution in [2.45, 2.75) is 39.7 Å². The number of nitrogens with zero attached hydrogens (tertiary/aromatic N) is 2. The predicted molar refractivity (Wildman–Crippen MR) is 90.7 cm³/mol. The minimum atomic E-state index is 0.514. The zero-order valence-corrected chi connectivity index (χ0v) is 13.5. The van der Waals surface area contributed by atoms with Gasteiger partial charge in [0.2, 0.25) is 0 Å². The molecular formula is C17H28N4. The molecule has 21 heavy (non-hydrogen) atoms. The number of likely N-dealkylation sites (tertiary alicyclic amines) is 1. The molecule has 1 unspecified atom stereocenters. The van der Waals surface area contributed by atoms with Gasteiger partial charge in [-0.2, -0.15) is 0 Å². The fraction of sp³-hybridized carbons (Fsp3) is 0.588. The average Bonchev–Trinajstić information content (AvgIpc) is 2.48. The number of piperidine rings is 1. The first-order chi connectivity index (χ1) is 10.0. The molecule has 0 spiro atoms. The van der Waals surface area contributed by atoms with Gasteiger partial charge in [-0.05, 0) is 58.2 Å². The second kappa shape index (κ2) is 7.46. The van der Waals surface area contributed by atoms with E-state index >= 15 is 0 Å². The Kier molecular flexibility index (Phi) is 5.62. The maximum Gasteiger partial charge on any atom is 0.193 e. The van der Waals surface area contributed by atoms with E-state index in [2.05, 4.69) is 48.1 Å². The van der Waals surface area contributed by atoms with Crippen molar-refractivity contribution in [1.29, 1.82) is 0 Å². The van der Waals surface area contributed by atoms with Crippen LogP contribution in [0.3, 0.4) is 0 Å². The second-order valence-electron chi connectivity index (χ2n) is 6.31. The molecule has 3 N–H and O–H groups in total. The molecule has 0 bridgehead atoms. The molecule has 4 heteroatoms. The van der Waals surface area contributed by atoms with E-state index in [1.54, 1.807) is 0 Å². The van der Waals surface area contributed by atoms with Crippen molar-refractivity contribution in [1.82, 2.24) is 4.90 Å². The van der Waals surface area contributed by atoms with Gasteiger partial charge in [0.15, 0.2) is 5.96 Å². The molecule has 1 heterocycles. The molecule has 1 aromatic carbocycles. The van der Waals surface area contributed by atoms with Crippen molar-refractivity contribution in [2.24, 2.45) is 16.6 Å². The van der Waals surface area contributed by atoms with Crippen LogP contribution in [0.1, 0.15) is 32.3 Å². The van der Waals surface area contributed by atoms with Crippen LogP contribution in [0.15, 0.2) is 29.3 Å². The van der Waals surface area contributed by atoms with Gasteiger partial charge in [0.1, 0.15) is 0 Å². The smallest absolute Gasteiger partial charge is 0.193 e. The first-order valence-corrected chi connectivity index (χ1v) is 7.92. The van der Waals surface area contributed by atoms with Gasteiger partial charge in [-0.25, -0.2) is 0 Å². The van der Waals surface area contributed by atoms with Gasteiger partial charge in [-0.1, -0.05) is 17.7 Å². The van der Waals surface area contributed by atoms with E-state index in [0.717, 1.165) is 18.8 Å². The number of anilines is 1. The number of rotatable bonds is 4. The van der Waals surface area contributed by atoms with Crippen LogP contribution in [0.5, 0.6) is 0 Å². The number of guanidine groups is 1. The number of benzene rings is 1. The fourth-order valence-electron chi connectivity index (χ4n) is 2.77. The molecule has 4 nitrogen and oxygen atoms in total. The molecule has 1 saturated heterocycles. The molecule has 0 aromatic heterocycles. The highest BCUT2D eigenvalue weighted by Crippen LogP contribution is 2.18. The van der Waals surface area contributed by atoms with Gasteiger partial charge in [-0.3, -0.25) is 4.99 Å². The maximum absolute atomic E-state index is 5.98. The number of hydrogen-bond donors (Lipinski definition) is 2. The summed E-state index contributed by atoms with van der Waals surface area (Å²) in [5.41, 5.74) is 8.22. The Hall–Kier alpha value is -1.55. The zero-order valence-electron chi connectivity index (χ0n) is 13.5. The van der Waals surface area contributed by atoms with Crippen LogP contribution in [0, 0.1) is 12.8 Å². The Labute approximate surface area is 128 Å². The number of nitrogens with two attached hydrogens (primary N) is 1. The summed E-state index contributed by atoms with van der Waals surface area (Å²) in [4.78, 5) is 7.05. The number of hydrogen-bond acceptors (Lipinski definition) is 2. The summed E-state index contributed by atoms with van der Waals surface area (Å²) in [6.07, 6.45) is 2.52. The predicted octanol–water partition coefficient (Wildman–Crippen LogP) is 2.84. The van der Waals surface area contributed by atoms with Crippen LogP contribution < -0.4 is 11.1 Å². The van der Waals surface area contributed by atoms with Crippen molar-refractivity contribution in [3.63, 3.8) is 0 Å². The highest BCUT2D eigenvalue weighted by Gasteiger charge is 2.21. The van der Waals surface area contributed by atoms with E-state index in [9.17, 15) is 0 Å². The summed E-state index contributed by atoms with van der Waals surface area (Å²) in [6.45, 7) is 9.77. The summed E-state index contributed by atoms with van der Waals surface area (Å²) < 4.78 is 0. The molecule has 1 aliphatic heterocycles. The van der Waals surface area contributed by atoms with Gasteiger partial charge < -0.3 is 16.0 Å². The number of aliphatic imine (C=N–C) groups is 1. The molecule has 1 atom stereocenters. The van der Waals surface area contributed by atoms with E-state index in [-0.39, 0.29) is 0 Å². The lowest BCUT2D eigenvalue weighted by atomic mass is 9.97. The molecule has 2 rings (SSSR count). The van der Waals surface area contributed by atoms with Crippen molar-refractivity contribution in [3.05, 3.63) is 29.8 Å². The number of aryl methyl sites for hydroxylation is 1. The van der Waals surface area contributed by atoms with Crippen LogP contribution in [-0.2, 0) is 0 Å². The van der Waals surface area contributed by atoms with Crippen molar-refractivity contribution in [2.75, 3.05) is 25.0 Å². The van der Waals surface area contributed by atoms with E-state index < -0.39 is 0 Å². The van der Waals surface area contributed by atoms with Gasteiger partial charge in [-0.15, -0.1) is 0 Å². The van der Waals surface area contributed by atoms with Crippen molar-refractivity contribution in [3.8, 4) is 0 Å². The Morgan fingerprint density at radius 2 is 2.10 bits per heavy atom. The molecule has 0 saturated carbocycles. The molecular weight excluding hydrogens is 260 g/mol. The molecule has 0 amide bonds. The highest BCUT2D eigenvalue weighted by molar-refractivity contribution is 5.92. The zero-order chi connectivity index (χ0) is 15.2. The first kappa shape index (κ1) is 15.8. The lowest BCUT2D eigenvalue weighted by Crippen LogP contribution is -2.41. The highest BCUT2D eigenvalue weighted by atomic mass is 15.2. The van der Waals surface area contributed by atoms with Crippen molar-refractivity contribution >= 4 is 11.6 Å². The van der Waals surface area contributed by atoms with E-state index in [0.29, 0.717) is 17.9 Å². The third-order valence-electron chi connectivity index (χ3n) is 4.12. The summed E-state index contributed by atoms with van der Waals surface area (Å²) in [6, 6.07) is 8.81. The van der Waals surface area contributed by atoms with Crippen LogP contribution in [0.4, 0.5) is 5.69 Å². The second-order valence-corrected chi connectivity index (χ2v) is 6.31. The third-order valence-corrected chi connectivity index (χ3v) is 4.12. The summed E-state index contributed by atoms with van der Waals surface area (Å²) in [5.74, 6) is 1.14. The molecule has 116 valence electrons. The third kappa shape index (κ3) is 5.05. The Morgan fingerprint density at radius 1 is 1.38 bits per heavy atom. The van der Waals surface area contributed by atoms with Crippen LogP contribution in [0.2, 0.25) is 0 Å². The molecule has 0 aliphatic carbocycles. The van der Waals surface area contributed by atoms with Gasteiger partial charge in [0, 0.05) is 24.8 Å². The molecule has 1 aromatic rings. The Bertz CT molecular complexity index is 464. The largest absolute Gasteiger partial charge is 0.370 e. The maximum atomic E-state index is 5.98. The minimum Gasteiger partial charge on any atom is -0.370 e. The fourth-order valence-corrected chi connectivity index (χ4v) is 2.77. The molecule has 1 fully saturated rings. The Balaban J connectivity index is 1.83. The SMILES string of the molecule is Cc1ccc(NC(N)=NCC2CCCN(C(C)C)C2)cc1. The summed E-state index contributed by atoms with van der Waals surface area (Å²) in [7, 11) is 0. The monoisotopic (exact) mass is 288 g/mol. The van der Waals surface area contributed by atoms with Gasteiger partial charge in [0.25, 0.3) is 0 Å². The summed E-state index contributed by atoms with van der Waals surface area (Å²) in [5, 5.41) is 3.16. The Morgan fingerprint density at radius 3 is 2.76 bits per heavy atom. The van der Waals surface area contributed by atoms with Crippen LogP contribution in [-0.4, -0.2) is 36.5 Å². The van der Waals surface area contributed by atoms with Crippen molar-refractivity contribution < 1.29 is 0 Å².